The van der Waals surface area contributed by atoms with Crippen LogP contribution in [0.4, 0.5) is 0 Å². The summed E-state index contributed by atoms with van der Waals surface area (Å²) in [6.07, 6.45) is 8.77. The highest BCUT2D eigenvalue weighted by molar-refractivity contribution is 5.33. The maximum absolute atomic E-state index is 11.4. The zero-order valence-electron chi connectivity index (χ0n) is 15.3. The Labute approximate surface area is 149 Å². The van der Waals surface area contributed by atoms with E-state index in [0.717, 1.165) is 44.9 Å². The summed E-state index contributed by atoms with van der Waals surface area (Å²) in [4.78, 5) is 0. The van der Waals surface area contributed by atoms with Crippen molar-refractivity contribution >= 4 is 0 Å². The second-order valence-electron chi connectivity index (χ2n) is 10.2. The van der Waals surface area contributed by atoms with Gasteiger partial charge in [0, 0.05) is 5.92 Å². The quantitative estimate of drug-likeness (QED) is 0.662. The fourth-order valence-corrected chi connectivity index (χ4v) is 8.51. The van der Waals surface area contributed by atoms with E-state index in [4.69, 9.17) is 9.47 Å². The number of aliphatic hydroxyl groups excluding tert-OH is 2. The van der Waals surface area contributed by atoms with E-state index in [9.17, 15) is 10.2 Å². The molecule has 2 N–H and O–H groups in total. The highest BCUT2D eigenvalue weighted by Gasteiger charge is 2.84. The van der Waals surface area contributed by atoms with E-state index < -0.39 is 5.79 Å². The Kier molecular flexibility index (Phi) is 2.72. The Balaban J connectivity index is 1.49. The number of aliphatic hydroxyl groups is 2. The normalized spacial score (nSPS) is 64.5. The van der Waals surface area contributed by atoms with Crippen LogP contribution in [0.3, 0.4) is 0 Å². The minimum atomic E-state index is -0.484. The van der Waals surface area contributed by atoms with Crippen molar-refractivity contribution in [2.24, 2.45) is 28.6 Å². The standard InChI is InChI=1S/C21H30O4/c1-18-7-5-13(22)9-12(18)3-4-14-15(18)10-17(23)20-11-24-19(2)16(20)6-8-21(14,20)25-19/h3,13-17,22-23H,4-11H2,1-2H3. The molecule has 0 radical (unpaired) electrons. The molecule has 0 aromatic heterocycles. The Morgan fingerprint density at radius 3 is 2.80 bits per heavy atom. The molecule has 4 aliphatic carbocycles. The van der Waals surface area contributed by atoms with Gasteiger partial charge in [-0.3, -0.25) is 0 Å². The van der Waals surface area contributed by atoms with E-state index in [-0.39, 0.29) is 28.6 Å². The molecule has 9 atom stereocenters. The van der Waals surface area contributed by atoms with Crippen molar-refractivity contribution in [1.29, 1.82) is 0 Å². The van der Waals surface area contributed by atoms with Crippen LogP contribution in [-0.4, -0.2) is 40.4 Å². The average Bonchev–Trinajstić information content (AvgIpc) is 3.14. The number of hydrogen-bond donors (Lipinski definition) is 2. The van der Waals surface area contributed by atoms with E-state index in [1.54, 1.807) is 0 Å². The molecule has 25 heavy (non-hydrogen) atoms. The van der Waals surface area contributed by atoms with Crippen molar-refractivity contribution in [3.8, 4) is 0 Å². The predicted octanol–water partition coefficient (Wildman–Crippen LogP) is 2.78. The van der Waals surface area contributed by atoms with Gasteiger partial charge in [0.25, 0.3) is 0 Å². The zero-order chi connectivity index (χ0) is 17.2. The molecule has 138 valence electrons. The fraction of sp³-hybridized carbons (Fsp3) is 0.905. The maximum Gasteiger partial charge on any atom is 0.169 e. The fourth-order valence-electron chi connectivity index (χ4n) is 8.51. The molecular weight excluding hydrogens is 316 g/mol. The topological polar surface area (TPSA) is 58.9 Å². The summed E-state index contributed by atoms with van der Waals surface area (Å²) in [5, 5.41) is 21.6. The lowest BCUT2D eigenvalue weighted by Gasteiger charge is -2.62. The Hall–Kier alpha value is -0.420. The highest BCUT2D eigenvalue weighted by Crippen LogP contribution is 2.77. The monoisotopic (exact) mass is 346 g/mol. The summed E-state index contributed by atoms with van der Waals surface area (Å²) in [6, 6.07) is 0. The van der Waals surface area contributed by atoms with Gasteiger partial charge in [0.15, 0.2) is 5.79 Å². The molecule has 2 heterocycles. The van der Waals surface area contributed by atoms with Crippen molar-refractivity contribution in [3.63, 3.8) is 0 Å². The second-order valence-corrected chi connectivity index (χ2v) is 10.2. The molecule has 4 heteroatoms. The van der Waals surface area contributed by atoms with Gasteiger partial charge < -0.3 is 19.7 Å². The lowest BCUT2D eigenvalue weighted by Crippen LogP contribution is -2.67. The van der Waals surface area contributed by atoms with Crippen LogP contribution in [0.2, 0.25) is 0 Å². The third kappa shape index (κ3) is 1.46. The van der Waals surface area contributed by atoms with Gasteiger partial charge in [0.1, 0.15) is 0 Å². The second kappa shape index (κ2) is 4.35. The van der Waals surface area contributed by atoms with Gasteiger partial charge in [-0.1, -0.05) is 18.6 Å². The molecule has 1 spiro atoms. The largest absolute Gasteiger partial charge is 0.393 e. The summed E-state index contributed by atoms with van der Waals surface area (Å²) in [7, 11) is 0. The summed E-state index contributed by atoms with van der Waals surface area (Å²) in [6.45, 7) is 5.17. The first-order chi connectivity index (χ1) is 11.9. The van der Waals surface area contributed by atoms with Crippen LogP contribution < -0.4 is 0 Å². The van der Waals surface area contributed by atoms with E-state index in [1.807, 2.05) is 0 Å². The Morgan fingerprint density at radius 1 is 1.12 bits per heavy atom. The molecular formula is C21H30O4. The number of fused-ring (bicyclic) bond motifs is 3. The molecule has 0 amide bonds. The summed E-state index contributed by atoms with van der Waals surface area (Å²) in [5.41, 5.74) is 1.17. The molecule has 3 saturated carbocycles. The SMILES string of the molecule is CC12OCC34C(O)CC5C(CC=C6CC(O)CCC65C)C3(CCC14)O2. The highest BCUT2D eigenvalue weighted by atomic mass is 16.7. The molecule has 6 rings (SSSR count). The van der Waals surface area contributed by atoms with Crippen LogP contribution in [0, 0.1) is 28.6 Å². The van der Waals surface area contributed by atoms with Crippen molar-refractivity contribution < 1.29 is 19.7 Å². The first-order valence-electron chi connectivity index (χ1n) is 10.3. The number of rotatable bonds is 0. The molecule has 0 aromatic carbocycles. The molecule has 5 fully saturated rings. The smallest absolute Gasteiger partial charge is 0.169 e. The van der Waals surface area contributed by atoms with Crippen molar-refractivity contribution in [3.05, 3.63) is 11.6 Å². The van der Waals surface area contributed by atoms with Crippen molar-refractivity contribution in [2.45, 2.75) is 82.4 Å². The third-order valence-corrected chi connectivity index (χ3v) is 9.61. The molecule has 4 bridgehead atoms. The molecule has 4 nitrogen and oxygen atoms in total. The molecule has 6 aliphatic rings. The number of hydrogen-bond acceptors (Lipinski definition) is 4. The lowest BCUT2D eigenvalue weighted by molar-refractivity contribution is -0.337. The van der Waals surface area contributed by atoms with Crippen LogP contribution in [0.5, 0.6) is 0 Å². The summed E-state index contributed by atoms with van der Waals surface area (Å²) in [5.74, 6) is 0.808. The molecule has 2 aliphatic heterocycles. The predicted molar refractivity (Wildman–Crippen MR) is 91.6 cm³/mol. The summed E-state index contributed by atoms with van der Waals surface area (Å²) >= 11 is 0. The zero-order valence-corrected chi connectivity index (χ0v) is 15.3. The van der Waals surface area contributed by atoms with Crippen molar-refractivity contribution in [2.75, 3.05) is 6.61 Å². The van der Waals surface area contributed by atoms with Gasteiger partial charge in [0.2, 0.25) is 0 Å². The minimum Gasteiger partial charge on any atom is -0.393 e. The van der Waals surface area contributed by atoms with Gasteiger partial charge in [-0.2, -0.15) is 0 Å². The Bertz CT molecular complexity index is 675. The minimum absolute atomic E-state index is 0.116. The van der Waals surface area contributed by atoms with Gasteiger partial charge in [-0.15, -0.1) is 0 Å². The molecule has 9 unspecified atom stereocenters. The van der Waals surface area contributed by atoms with Gasteiger partial charge in [-0.05, 0) is 69.1 Å². The van der Waals surface area contributed by atoms with Crippen LogP contribution in [0.1, 0.15) is 58.8 Å². The van der Waals surface area contributed by atoms with E-state index in [2.05, 4.69) is 19.9 Å². The maximum atomic E-state index is 11.4. The third-order valence-electron chi connectivity index (χ3n) is 9.61. The van der Waals surface area contributed by atoms with Gasteiger partial charge in [0.05, 0.1) is 29.8 Å². The first kappa shape index (κ1) is 15.6. The van der Waals surface area contributed by atoms with Crippen LogP contribution in [-0.2, 0) is 9.47 Å². The molecule has 2 saturated heterocycles. The van der Waals surface area contributed by atoms with Crippen LogP contribution in [0.25, 0.3) is 0 Å². The lowest BCUT2D eigenvalue weighted by atomic mass is 9.45. The Morgan fingerprint density at radius 2 is 1.96 bits per heavy atom. The van der Waals surface area contributed by atoms with Gasteiger partial charge >= 0.3 is 0 Å². The average molecular weight is 346 g/mol. The molecule has 0 aromatic rings. The van der Waals surface area contributed by atoms with Gasteiger partial charge in [-0.25, -0.2) is 0 Å². The van der Waals surface area contributed by atoms with Crippen LogP contribution >= 0.6 is 0 Å². The van der Waals surface area contributed by atoms with E-state index >= 15 is 0 Å². The summed E-state index contributed by atoms with van der Waals surface area (Å²) < 4.78 is 12.8. The van der Waals surface area contributed by atoms with E-state index in [0.29, 0.717) is 24.4 Å². The number of allylic oxidation sites excluding steroid dienone is 1. The first-order valence-corrected chi connectivity index (χ1v) is 10.3. The van der Waals surface area contributed by atoms with Crippen molar-refractivity contribution in [1.82, 2.24) is 0 Å². The number of ether oxygens (including phenoxy) is 2. The van der Waals surface area contributed by atoms with E-state index in [1.165, 1.54) is 5.57 Å². The van der Waals surface area contributed by atoms with Crippen LogP contribution in [0.15, 0.2) is 11.6 Å².